The summed E-state index contributed by atoms with van der Waals surface area (Å²) in [5.41, 5.74) is 0.758. The Morgan fingerprint density at radius 3 is 2.30 bits per heavy atom. The van der Waals surface area contributed by atoms with E-state index in [9.17, 15) is 9.59 Å². The topological polar surface area (TPSA) is 74.6 Å². The number of aromatic carboxylic acids is 1. The van der Waals surface area contributed by atoms with Crippen LogP contribution in [0.5, 0.6) is 0 Å². The molecular weight excluding hydrogens is 276 g/mol. The van der Waals surface area contributed by atoms with Gasteiger partial charge in [0.1, 0.15) is 0 Å². The number of rotatable bonds is 5. The number of carboxylic acid groups (broad SMARTS) is 2. The lowest BCUT2D eigenvalue weighted by molar-refractivity contribution is -0.136. The molecular formula is C15H12O4S. The summed E-state index contributed by atoms with van der Waals surface area (Å²) in [5, 5.41) is 17.9. The Hall–Kier alpha value is -2.27. The molecule has 4 nitrogen and oxygen atoms in total. The van der Waals surface area contributed by atoms with Gasteiger partial charge in [0.05, 0.1) is 12.0 Å². The van der Waals surface area contributed by atoms with Crippen molar-refractivity contribution in [3.8, 4) is 0 Å². The Bertz CT molecular complexity index is 638. The zero-order valence-electron chi connectivity index (χ0n) is 10.4. The highest BCUT2D eigenvalue weighted by Crippen LogP contribution is 2.31. The summed E-state index contributed by atoms with van der Waals surface area (Å²) in [5.74, 6) is -1.97. The minimum Gasteiger partial charge on any atom is -0.481 e. The number of hydrogen-bond donors (Lipinski definition) is 2. The maximum absolute atomic E-state index is 11.0. The molecule has 0 amide bonds. The van der Waals surface area contributed by atoms with Crippen molar-refractivity contribution in [1.82, 2.24) is 0 Å². The molecule has 2 aromatic carbocycles. The summed E-state index contributed by atoms with van der Waals surface area (Å²) in [4.78, 5) is 23.5. The highest BCUT2D eigenvalue weighted by atomic mass is 32.2. The van der Waals surface area contributed by atoms with Gasteiger partial charge in [0, 0.05) is 9.79 Å². The number of aliphatic carboxylic acids is 1. The normalized spacial score (nSPS) is 10.2. The molecule has 0 aliphatic carbocycles. The fraction of sp³-hybridized carbons (Fsp3) is 0.0667. The first-order valence-corrected chi connectivity index (χ1v) is 6.69. The van der Waals surface area contributed by atoms with Crippen molar-refractivity contribution in [2.45, 2.75) is 16.2 Å². The van der Waals surface area contributed by atoms with E-state index < -0.39 is 11.9 Å². The van der Waals surface area contributed by atoms with Crippen LogP contribution in [0.15, 0.2) is 58.3 Å². The van der Waals surface area contributed by atoms with Crippen molar-refractivity contribution >= 4 is 23.7 Å². The van der Waals surface area contributed by atoms with Crippen LogP contribution in [0.4, 0.5) is 0 Å². The van der Waals surface area contributed by atoms with E-state index in [1.165, 1.54) is 23.9 Å². The van der Waals surface area contributed by atoms with Crippen LogP contribution in [-0.4, -0.2) is 22.2 Å². The number of carbonyl (C=O) groups is 2. The monoisotopic (exact) mass is 288 g/mol. The summed E-state index contributed by atoms with van der Waals surface area (Å²) < 4.78 is 0. The third-order valence-corrected chi connectivity index (χ3v) is 3.73. The second-order valence-electron chi connectivity index (χ2n) is 4.11. The average Bonchev–Trinajstić information content (AvgIpc) is 2.41. The predicted molar refractivity (Wildman–Crippen MR) is 75.3 cm³/mol. The summed E-state index contributed by atoms with van der Waals surface area (Å²) >= 11 is 1.36. The van der Waals surface area contributed by atoms with Gasteiger partial charge in [-0.25, -0.2) is 4.79 Å². The highest BCUT2D eigenvalue weighted by Gasteiger charge is 2.12. The van der Waals surface area contributed by atoms with Crippen LogP contribution in [-0.2, 0) is 11.2 Å². The van der Waals surface area contributed by atoms with E-state index in [-0.39, 0.29) is 12.0 Å². The molecule has 0 heterocycles. The zero-order valence-corrected chi connectivity index (χ0v) is 11.3. The van der Waals surface area contributed by atoms with Crippen molar-refractivity contribution in [3.05, 3.63) is 59.7 Å². The van der Waals surface area contributed by atoms with Gasteiger partial charge < -0.3 is 10.2 Å². The zero-order chi connectivity index (χ0) is 14.5. The first-order chi connectivity index (χ1) is 9.56. The Morgan fingerprint density at radius 2 is 1.70 bits per heavy atom. The minimum absolute atomic E-state index is 0.130. The molecule has 102 valence electrons. The molecule has 2 aromatic rings. The molecule has 0 saturated carbocycles. The number of benzene rings is 2. The number of carboxylic acids is 2. The second-order valence-corrected chi connectivity index (χ2v) is 5.23. The van der Waals surface area contributed by atoms with Gasteiger partial charge in [0.2, 0.25) is 0 Å². The van der Waals surface area contributed by atoms with Crippen LogP contribution in [0.2, 0.25) is 0 Å². The summed E-state index contributed by atoms with van der Waals surface area (Å²) in [6, 6.07) is 13.9. The van der Waals surface area contributed by atoms with Crippen molar-refractivity contribution in [2.24, 2.45) is 0 Å². The second kappa shape index (κ2) is 6.25. The van der Waals surface area contributed by atoms with Crippen molar-refractivity contribution in [2.75, 3.05) is 0 Å². The first kappa shape index (κ1) is 14.1. The largest absolute Gasteiger partial charge is 0.481 e. The van der Waals surface area contributed by atoms with Crippen molar-refractivity contribution in [3.63, 3.8) is 0 Å². The molecule has 0 atom stereocenters. The Labute approximate surface area is 120 Å². The molecule has 0 radical (unpaired) electrons. The molecule has 5 heteroatoms. The summed E-state index contributed by atoms with van der Waals surface area (Å²) in [6.07, 6.45) is -0.130. The number of hydrogen-bond acceptors (Lipinski definition) is 3. The molecule has 0 fully saturated rings. The van der Waals surface area contributed by atoms with Gasteiger partial charge in [-0.2, -0.15) is 0 Å². The Kier molecular flexibility index (Phi) is 4.42. The average molecular weight is 288 g/mol. The molecule has 2 N–H and O–H groups in total. The SMILES string of the molecule is O=C(O)Cc1ccc(C(=O)O)cc1Sc1ccccc1. The quantitative estimate of drug-likeness (QED) is 0.884. The standard InChI is InChI=1S/C15H12O4S/c16-14(17)9-10-6-7-11(15(18)19)8-13(10)20-12-4-2-1-3-5-12/h1-8H,9H2,(H,16,17)(H,18,19). The van der Waals surface area contributed by atoms with Gasteiger partial charge in [0.25, 0.3) is 0 Å². The Morgan fingerprint density at radius 1 is 1.00 bits per heavy atom. The molecule has 0 aliphatic rings. The molecule has 0 unspecified atom stereocenters. The molecule has 0 aromatic heterocycles. The van der Waals surface area contributed by atoms with E-state index in [0.717, 1.165) is 4.90 Å². The maximum Gasteiger partial charge on any atom is 0.335 e. The van der Waals surface area contributed by atoms with Crippen molar-refractivity contribution in [1.29, 1.82) is 0 Å². The molecule has 20 heavy (non-hydrogen) atoms. The van der Waals surface area contributed by atoms with Crippen LogP contribution < -0.4 is 0 Å². The van der Waals surface area contributed by atoms with Gasteiger partial charge in [-0.15, -0.1) is 0 Å². The van der Waals surface area contributed by atoms with Crippen LogP contribution >= 0.6 is 11.8 Å². The Balaban J connectivity index is 2.38. The van der Waals surface area contributed by atoms with E-state index >= 15 is 0 Å². The van der Waals surface area contributed by atoms with Crippen molar-refractivity contribution < 1.29 is 19.8 Å². The summed E-state index contributed by atoms with van der Waals surface area (Å²) in [7, 11) is 0. The first-order valence-electron chi connectivity index (χ1n) is 5.87. The van der Waals surface area contributed by atoms with Gasteiger partial charge in [-0.05, 0) is 29.8 Å². The molecule has 0 bridgehead atoms. The van der Waals surface area contributed by atoms with Crippen LogP contribution in [0.3, 0.4) is 0 Å². The molecule has 0 aliphatic heterocycles. The van der Waals surface area contributed by atoms with E-state index in [0.29, 0.717) is 10.5 Å². The van der Waals surface area contributed by atoms with E-state index in [4.69, 9.17) is 10.2 Å². The van der Waals surface area contributed by atoms with E-state index in [1.807, 2.05) is 30.3 Å². The lowest BCUT2D eigenvalue weighted by Gasteiger charge is -2.09. The van der Waals surface area contributed by atoms with Crippen LogP contribution in [0.1, 0.15) is 15.9 Å². The van der Waals surface area contributed by atoms with E-state index in [2.05, 4.69) is 0 Å². The molecule has 2 rings (SSSR count). The van der Waals surface area contributed by atoms with E-state index in [1.54, 1.807) is 6.07 Å². The molecule has 0 saturated heterocycles. The van der Waals surface area contributed by atoms with Gasteiger partial charge in [-0.1, -0.05) is 36.0 Å². The van der Waals surface area contributed by atoms with Gasteiger partial charge in [-0.3, -0.25) is 4.79 Å². The fourth-order valence-electron chi connectivity index (χ4n) is 1.71. The lowest BCUT2D eigenvalue weighted by atomic mass is 10.1. The van der Waals surface area contributed by atoms with Gasteiger partial charge >= 0.3 is 11.9 Å². The van der Waals surface area contributed by atoms with Crippen LogP contribution in [0.25, 0.3) is 0 Å². The predicted octanol–water partition coefficient (Wildman–Crippen LogP) is 3.16. The third kappa shape index (κ3) is 3.61. The smallest absolute Gasteiger partial charge is 0.335 e. The molecule has 0 spiro atoms. The third-order valence-electron chi connectivity index (χ3n) is 2.63. The summed E-state index contributed by atoms with van der Waals surface area (Å²) in [6.45, 7) is 0. The van der Waals surface area contributed by atoms with Gasteiger partial charge in [0.15, 0.2) is 0 Å². The minimum atomic E-state index is -1.03. The highest BCUT2D eigenvalue weighted by molar-refractivity contribution is 7.99. The maximum atomic E-state index is 11.0. The van der Waals surface area contributed by atoms with Crippen LogP contribution in [0, 0.1) is 0 Å². The fourth-order valence-corrected chi connectivity index (χ4v) is 2.71. The lowest BCUT2D eigenvalue weighted by Crippen LogP contribution is -2.03.